The van der Waals surface area contributed by atoms with Gasteiger partial charge in [-0.15, -0.1) is 0 Å². The van der Waals surface area contributed by atoms with Crippen LogP contribution in [0.15, 0.2) is 36.4 Å². The molecule has 0 radical (unpaired) electrons. The second-order valence-electron chi connectivity index (χ2n) is 9.36. The summed E-state index contributed by atoms with van der Waals surface area (Å²) in [6, 6.07) is 8.44. The number of nitrogens with one attached hydrogen (secondary N) is 1. The number of halogens is 4. The Hall–Kier alpha value is -1.71. The van der Waals surface area contributed by atoms with Crippen LogP contribution in [0.25, 0.3) is 0 Å². The Balaban J connectivity index is 1.97. The zero-order chi connectivity index (χ0) is 28.0. The van der Waals surface area contributed by atoms with Crippen LogP contribution >= 0.6 is 46.4 Å². The molecule has 38 heavy (non-hydrogen) atoms. The van der Waals surface area contributed by atoms with Gasteiger partial charge < -0.3 is 10.2 Å². The van der Waals surface area contributed by atoms with Gasteiger partial charge in [0.1, 0.15) is 12.6 Å². The van der Waals surface area contributed by atoms with E-state index in [1.54, 1.807) is 25.1 Å². The smallest absolute Gasteiger partial charge is 0.244 e. The Bertz CT molecular complexity index is 1250. The molecule has 0 aliphatic heterocycles. The van der Waals surface area contributed by atoms with Crippen molar-refractivity contribution in [1.29, 1.82) is 0 Å². The minimum absolute atomic E-state index is 0.0369. The molecule has 0 saturated heterocycles. The van der Waals surface area contributed by atoms with Gasteiger partial charge in [0, 0.05) is 28.2 Å². The van der Waals surface area contributed by atoms with Crippen LogP contribution in [0.4, 0.5) is 5.69 Å². The number of sulfonamides is 1. The number of amides is 2. The molecule has 1 aliphatic rings. The summed E-state index contributed by atoms with van der Waals surface area (Å²) in [5, 5.41) is 4.15. The fraction of sp³-hybridized carbons (Fsp3) is 0.462. The van der Waals surface area contributed by atoms with E-state index in [0.29, 0.717) is 22.0 Å². The van der Waals surface area contributed by atoms with Gasteiger partial charge in [-0.2, -0.15) is 0 Å². The van der Waals surface area contributed by atoms with E-state index in [1.165, 1.54) is 23.1 Å². The van der Waals surface area contributed by atoms with E-state index in [4.69, 9.17) is 46.4 Å². The third-order valence-electron chi connectivity index (χ3n) is 6.60. The van der Waals surface area contributed by atoms with Crippen molar-refractivity contribution >= 4 is 73.9 Å². The average molecular weight is 623 g/mol. The quantitative estimate of drug-likeness (QED) is 0.336. The Kier molecular flexibility index (Phi) is 11.0. The van der Waals surface area contributed by atoms with Crippen LogP contribution < -0.4 is 9.62 Å². The van der Waals surface area contributed by atoms with Gasteiger partial charge >= 0.3 is 0 Å². The second-order valence-corrected chi connectivity index (χ2v) is 12.9. The summed E-state index contributed by atoms with van der Waals surface area (Å²) in [4.78, 5) is 28.6. The number of rotatable bonds is 10. The third-order valence-corrected chi connectivity index (χ3v) is 9.19. The first kappa shape index (κ1) is 30.8. The van der Waals surface area contributed by atoms with Crippen molar-refractivity contribution in [3.63, 3.8) is 0 Å². The number of carbonyl (C=O) groups excluding carboxylic acids is 2. The maximum atomic E-state index is 13.8. The van der Waals surface area contributed by atoms with Crippen molar-refractivity contribution in [3.8, 4) is 0 Å². The lowest BCUT2D eigenvalue weighted by atomic mass is 9.95. The van der Waals surface area contributed by atoms with Gasteiger partial charge in [0.05, 0.1) is 22.0 Å². The van der Waals surface area contributed by atoms with Crippen LogP contribution in [-0.4, -0.2) is 50.0 Å². The van der Waals surface area contributed by atoms with Gasteiger partial charge in [-0.3, -0.25) is 13.9 Å². The molecule has 1 saturated carbocycles. The van der Waals surface area contributed by atoms with Crippen molar-refractivity contribution in [2.75, 3.05) is 17.1 Å². The second kappa shape index (κ2) is 13.6. The summed E-state index contributed by atoms with van der Waals surface area (Å²) < 4.78 is 26.4. The SMILES string of the molecule is CC[C@@H](C(=O)NC1CCCCC1)N(Cc1c(Cl)cccc1Cl)C(=O)CN(c1ccc(Cl)c(Cl)c1)S(C)(=O)=O. The standard InChI is InChI=1S/C26H31Cl4N3O4S/c1-3-24(26(35)31-17-8-5-4-6-9-17)32(15-19-20(27)10-7-11-21(19)28)25(34)16-33(38(2,36)37)18-12-13-22(29)23(30)14-18/h7,10-14,17,24H,3-6,8-9,15-16H2,1-2H3,(H,31,35)/t24-/m0/s1. The van der Waals surface area contributed by atoms with Crippen LogP contribution in [0.2, 0.25) is 20.1 Å². The van der Waals surface area contributed by atoms with Crippen molar-refractivity contribution in [2.45, 2.75) is 64.1 Å². The highest BCUT2D eigenvalue weighted by Crippen LogP contribution is 2.30. The molecule has 1 atom stereocenters. The first-order valence-corrected chi connectivity index (χ1v) is 15.7. The lowest BCUT2D eigenvalue weighted by Gasteiger charge is -2.34. The van der Waals surface area contributed by atoms with E-state index in [2.05, 4.69) is 5.32 Å². The lowest BCUT2D eigenvalue weighted by Crippen LogP contribution is -2.54. The number of benzene rings is 2. The van der Waals surface area contributed by atoms with Gasteiger partial charge in [-0.25, -0.2) is 8.42 Å². The zero-order valence-corrected chi connectivity index (χ0v) is 25.1. The summed E-state index contributed by atoms with van der Waals surface area (Å²) in [5.41, 5.74) is 0.638. The monoisotopic (exact) mass is 621 g/mol. The highest BCUT2D eigenvalue weighted by molar-refractivity contribution is 7.92. The maximum Gasteiger partial charge on any atom is 0.244 e. The molecule has 12 heteroatoms. The van der Waals surface area contributed by atoms with E-state index >= 15 is 0 Å². The molecule has 1 fully saturated rings. The zero-order valence-electron chi connectivity index (χ0n) is 21.2. The Morgan fingerprint density at radius 3 is 2.16 bits per heavy atom. The van der Waals surface area contributed by atoms with Crippen LogP contribution in [0.1, 0.15) is 51.0 Å². The minimum Gasteiger partial charge on any atom is -0.352 e. The van der Waals surface area contributed by atoms with Crippen LogP contribution in [0.3, 0.4) is 0 Å². The van der Waals surface area contributed by atoms with Crippen molar-refractivity contribution in [1.82, 2.24) is 10.2 Å². The molecule has 0 heterocycles. The van der Waals surface area contributed by atoms with Crippen molar-refractivity contribution in [3.05, 3.63) is 62.1 Å². The van der Waals surface area contributed by atoms with Crippen LogP contribution in [-0.2, 0) is 26.2 Å². The summed E-state index contributed by atoms with van der Waals surface area (Å²) >= 11 is 25.0. The van der Waals surface area contributed by atoms with Crippen LogP contribution in [0.5, 0.6) is 0 Å². The first-order chi connectivity index (χ1) is 17.9. The third kappa shape index (κ3) is 7.92. The van der Waals surface area contributed by atoms with Gasteiger partial charge in [-0.1, -0.05) is 78.7 Å². The lowest BCUT2D eigenvalue weighted by molar-refractivity contribution is -0.140. The summed E-state index contributed by atoms with van der Waals surface area (Å²) in [6.45, 7) is 1.16. The number of carbonyl (C=O) groups is 2. The molecule has 3 rings (SSSR count). The van der Waals surface area contributed by atoms with Crippen molar-refractivity contribution in [2.24, 2.45) is 0 Å². The fourth-order valence-corrected chi connectivity index (χ4v) is 6.22. The van der Waals surface area contributed by atoms with E-state index < -0.39 is 28.5 Å². The molecule has 0 aromatic heterocycles. The predicted octanol–water partition coefficient (Wildman–Crippen LogP) is 6.32. The first-order valence-electron chi connectivity index (χ1n) is 12.4. The summed E-state index contributed by atoms with van der Waals surface area (Å²) in [6.07, 6.45) is 6.26. The number of nitrogens with zero attached hydrogens (tertiary/aromatic N) is 2. The van der Waals surface area contributed by atoms with E-state index in [1.807, 2.05) is 0 Å². The molecule has 0 unspecified atom stereocenters. The molecule has 7 nitrogen and oxygen atoms in total. The number of anilines is 1. The molecule has 2 aromatic rings. The molecule has 0 spiro atoms. The van der Waals surface area contributed by atoms with Gasteiger partial charge in [-0.05, 0) is 49.6 Å². The molecule has 1 N–H and O–H groups in total. The Morgan fingerprint density at radius 1 is 0.974 bits per heavy atom. The highest BCUT2D eigenvalue weighted by atomic mass is 35.5. The Labute approximate surface area is 244 Å². The Morgan fingerprint density at radius 2 is 1.61 bits per heavy atom. The molecular formula is C26H31Cl4N3O4S. The molecule has 0 bridgehead atoms. The normalized spacial score (nSPS) is 15.1. The molecule has 1 aliphatic carbocycles. The maximum absolute atomic E-state index is 13.8. The number of hydrogen-bond donors (Lipinski definition) is 1. The largest absolute Gasteiger partial charge is 0.352 e. The van der Waals surface area contributed by atoms with E-state index in [-0.39, 0.29) is 34.2 Å². The molecule has 2 aromatic carbocycles. The van der Waals surface area contributed by atoms with Gasteiger partial charge in [0.2, 0.25) is 21.8 Å². The number of hydrogen-bond acceptors (Lipinski definition) is 4. The van der Waals surface area contributed by atoms with E-state index in [9.17, 15) is 18.0 Å². The molecular weight excluding hydrogens is 592 g/mol. The predicted molar refractivity (Wildman–Crippen MR) is 155 cm³/mol. The fourth-order valence-electron chi connectivity index (χ4n) is 4.57. The van der Waals surface area contributed by atoms with Crippen LogP contribution in [0, 0.1) is 0 Å². The summed E-state index contributed by atoms with van der Waals surface area (Å²) in [5.74, 6) is -0.889. The average Bonchev–Trinajstić information content (AvgIpc) is 2.85. The molecule has 2 amide bonds. The van der Waals surface area contributed by atoms with Gasteiger partial charge in [0.25, 0.3) is 0 Å². The topological polar surface area (TPSA) is 86.8 Å². The minimum atomic E-state index is -3.91. The summed E-state index contributed by atoms with van der Waals surface area (Å²) in [7, 11) is -3.91. The van der Waals surface area contributed by atoms with Crippen molar-refractivity contribution < 1.29 is 18.0 Å². The highest BCUT2D eigenvalue weighted by Gasteiger charge is 2.33. The van der Waals surface area contributed by atoms with E-state index in [0.717, 1.165) is 42.7 Å². The van der Waals surface area contributed by atoms with Gasteiger partial charge in [0.15, 0.2) is 0 Å². The molecule has 208 valence electrons.